The molecule has 0 saturated heterocycles. The van der Waals surface area contributed by atoms with Crippen molar-refractivity contribution in [2.75, 3.05) is 0 Å². The second-order valence-corrected chi connectivity index (χ2v) is 15.1. The number of ketones is 2. The van der Waals surface area contributed by atoms with E-state index in [1.54, 1.807) is 0 Å². The maximum Gasteiger partial charge on any atom is 0.309 e. The van der Waals surface area contributed by atoms with Gasteiger partial charge in [0, 0.05) is 17.8 Å². The molecule has 8 atom stereocenters. The minimum absolute atomic E-state index is 0.0295. The molecule has 0 aromatic heterocycles. The highest BCUT2D eigenvalue weighted by Gasteiger charge is 2.73. The van der Waals surface area contributed by atoms with Crippen LogP contribution in [0.5, 0.6) is 0 Å². The van der Waals surface area contributed by atoms with Gasteiger partial charge in [0.05, 0.1) is 11.0 Å². The van der Waals surface area contributed by atoms with E-state index in [1.807, 2.05) is 19.9 Å². The summed E-state index contributed by atoms with van der Waals surface area (Å²) in [6, 6.07) is 2.18. The summed E-state index contributed by atoms with van der Waals surface area (Å²) >= 11 is 0. The summed E-state index contributed by atoms with van der Waals surface area (Å²) in [4.78, 5) is 40.3. The molecule has 0 aliphatic heterocycles. The van der Waals surface area contributed by atoms with Gasteiger partial charge in [0.1, 0.15) is 11.9 Å². The summed E-state index contributed by atoms with van der Waals surface area (Å²) in [5.74, 6) is -0.843. The molecule has 4 saturated carbocycles. The third kappa shape index (κ3) is 2.91. The average molecular weight is 494 g/mol. The third-order valence-corrected chi connectivity index (χ3v) is 12.9. The molecule has 5 rings (SSSR count). The molecule has 0 aromatic rings. The molecule has 0 heterocycles. The van der Waals surface area contributed by atoms with Gasteiger partial charge in [-0.15, -0.1) is 0 Å². The van der Waals surface area contributed by atoms with Crippen LogP contribution in [0, 0.1) is 67.5 Å². The molecule has 0 radical (unpaired) electrons. The van der Waals surface area contributed by atoms with E-state index >= 15 is 0 Å². The predicted octanol–water partition coefficient (Wildman–Crippen LogP) is 6.37. The van der Waals surface area contributed by atoms with Crippen molar-refractivity contribution in [1.82, 2.24) is 0 Å². The number of hydrogen-bond donors (Lipinski definition) is 1. The van der Waals surface area contributed by atoms with Gasteiger partial charge >= 0.3 is 5.97 Å². The largest absolute Gasteiger partial charge is 0.481 e. The lowest BCUT2D eigenvalue weighted by Crippen LogP contribution is -2.69. The molecule has 0 aromatic carbocycles. The number of nitrogens with zero attached hydrogens (tertiary/aromatic N) is 1. The number of allylic oxidation sites excluding steroid dienone is 2. The number of hydrogen-bond acceptors (Lipinski definition) is 4. The molecule has 5 aliphatic rings. The Morgan fingerprint density at radius 2 is 1.58 bits per heavy atom. The Bertz CT molecular complexity index is 1130. The fraction of sp³-hybridized carbons (Fsp3) is 0.806. The molecule has 5 heteroatoms. The van der Waals surface area contributed by atoms with Gasteiger partial charge < -0.3 is 5.11 Å². The number of aliphatic carboxylic acids is 1. The van der Waals surface area contributed by atoms with Crippen LogP contribution in [0.2, 0.25) is 0 Å². The Morgan fingerprint density at radius 3 is 2.19 bits per heavy atom. The Hall–Kier alpha value is -1.96. The van der Waals surface area contributed by atoms with Crippen LogP contribution < -0.4 is 0 Å². The zero-order valence-corrected chi connectivity index (χ0v) is 23.2. The van der Waals surface area contributed by atoms with Crippen LogP contribution in [0.1, 0.15) is 99.8 Å². The summed E-state index contributed by atoms with van der Waals surface area (Å²) in [5, 5.41) is 20.4. The van der Waals surface area contributed by atoms with Crippen LogP contribution in [0.15, 0.2) is 11.6 Å². The maximum atomic E-state index is 14.3. The standard InChI is InChI=1S/C31H43NO4/c1-26(2)10-12-31(25(35)36)13-11-30(7)23(19(31)16-26)20(33)14-22-28(5)15-18(17-32)24(34)27(3,4)21(28)8-9-29(22,30)6/h15,19,21-23H,8-14,16H2,1-7H3,(H,35,36)/t19?,21?,22?,23?,28-,29+,30+,31-/m0/s1. The van der Waals surface area contributed by atoms with Crippen LogP contribution in [0.3, 0.4) is 0 Å². The molecule has 0 spiro atoms. The predicted molar refractivity (Wildman–Crippen MR) is 137 cm³/mol. The van der Waals surface area contributed by atoms with Crippen molar-refractivity contribution in [2.45, 2.75) is 99.8 Å². The van der Waals surface area contributed by atoms with Gasteiger partial charge in [-0.25, -0.2) is 0 Å². The number of carboxylic acid groups (broad SMARTS) is 1. The smallest absolute Gasteiger partial charge is 0.309 e. The molecule has 5 aliphatic carbocycles. The number of carbonyl (C=O) groups is 3. The number of carboxylic acids is 1. The highest BCUT2D eigenvalue weighted by Crippen LogP contribution is 2.75. The number of fused-ring (bicyclic) bond motifs is 7. The van der Waals surface area contributed by atoms with E-state index in [-0.39, 0.29) is 57.1 Å². The van der Waals surface area contributed by atoms with Gasteiger partial charge in [-0.2, -0.15) is 5.26 Å². The second kappa shape index (κ2) is 7.33. The van der Waals surface area contributed by atoms with Gasteiger partial charge in [0.25, 0.3) is 0 Å². The van der Waals surface area contributed by atoms with Gasteiger partial charge in [-0.05, 0) is 84.4 Å². The van der Waals surface area contributed by atoms with Gasteiger partial charge in [0.2, 0.25) is 0 Å². The quantitative estimate of drug-likeness (QED) is 0.458. The molecule has 36 heavy (non-hydrogen) atoms. The van der Waals surface area contributed by atoms with Crippen LogP contribution >= 0.6 is 0 Å². The van der Waals surface area contributed by atoms with Gasteiger partial charge in [-0.3, -0.25) is 14.4 Å². The normalized spacial score (nSPS) is 48.9. The Balaban J connectivity index is 1.65. The van der Waals surface area contributed by atoms with E-state index in [2.05, 4.69) is 40.7 Å². The molecular weight excluding hydrogens is 450 g/mol. The van der Waals surface area contributed by atoms with Crippen LogP contribution in [-0.4, -0.2) is 22.6 Å². The minimum atomic E-state index is -0.799. The molecule has 4 unspecified atom stereocenters. The molecule has 0 amide bonds. The molecule has 5 nitrogen and oxygen atoms in total. The summed E-state index contributed by atoms with van der Waals surface area (Å²) in [5.41, 5.74) is -2.07. The van der Waals surface area contributed by atoms with Crippen LogP contribution in [0.25, 0.3) is 0 Å². The van der Waals surface area contributed by atoms with E-state index in [9.17, 15) is 24.8 Å². The van der Waals surface area contributed by atoms with Gasteiger partial charge in [-0.1, -0.05) is 54.5 Å². The summed E-state index contributed by atoms with van der Waals surface area (Å²) in [7, 11) is 0. The fourth-order valence-electron chi connectivity index (χ4n) is 10.7. The van der Waals surface area contributed by atoms with Crippen molar-refractivity contribution < 1.29 is 19.5 Å². The first-order valence-electron chi connectivity index (χ1n) is 13.9. The average Bonchev–Trinajstić information content (AvgIpc) is 2.77. The second-order valence-electron chi connectivity index (χ2n) is 15.1. The Morgan fingerprint density at radius 1 is 0.944 bits per heavy atom. The maximum absolute atomic E-state index is 14.3. The van der Waals surface area contributed by atoms with E-state index in [1.165, 1.54) is 0 Å². The van der Waals surface area contributed by atoms with Crippen LogP contribution in [0.4, 0.5) is 0 Å². The first-order chi connectivity index (χ1) is 16.5. The number of carbonyl (C=O) groups excluding carboxylic acids is 2. The van der Waals surface area contributed by atoms with Crippen molar-refractivity contribution in [1.29, 1.82) is 5.26 Å². The van der Waals surface area contributed by atoms with E-state index in [0.717, 1.165) is 32.1 Å². The number of Topliss-reactive ketones (excluding diaryl/α,β-unsaturated/α-hetero) is 2. The highest BCUT2D eigenvalue weighted by atomic mass is 16.4. The first kappa shape index (κ1) is 25.7. The van der Waals surface area contributed by atoms with Crippen molar-refractivity contribution in [3.05, 3.63) is 11.6 Å². The van der Waals surface area contributed by atoms with Crippen molar-refractivity contribution in [2.24, 2.45) is 56.2 Å². The zero-order valence-electron chi connectivity index (χ0n) is 23.2. The third-order valence-electron chi connectivity index (χ3n) is 12.9. The Labute approximate surface area is 216 Å². The molecular formula is C31H43NO4. The molecule has 1 N–H and O–H groups in total. The van der Waals surface area contributed by atoms with E-state index < -0.39 is 22.2 Å². The summed E-state index contributed by atoms with van der Waals surface area (Å²) < 4.78 is 0. The van der Waals surface area contributed by atoms with Gasteiger partial charge in [0.15, 0.2) is 5.78 Å². The zero-order chi connectivity index (χ0) is 26.7. The van der Waals surface area contributed by atoms with E-state index in [0.29, 0.717) is 19.3 Å². The molecule has 0 bridgehead atoms. The lowest BCUT2D eigenvalue weighted by Gasteiger charge is -2.71. The molecule has 4 fully saturated rings. The Kier molecular flexibility index (Phi) is 5.23. The highest BCUT2D eigenvalue weighted by molar-refractivity contribution is 6.04. The van der Waals surface area contributed by atoms with Crippen molar-refractivity contribution in [3.63, 3.8) is 0 Å². The van der Waals surface area contributed by atoms with Crippen molar-refractivity contribution in [3.8, 4) is 6.07 Å². The van der Waals surface area contributed by atoms with E-state index in [4.69, 9.17) is 0 Å². The topological polar surface area (TPSA) is 95.2 Å². The monoisotopic (exact) mass is 493 g/mol. The molecule has 196 valence electrons. The number of nitriles is 1. The lowest BCUT2D eigenvalue weighted by molar-refractivity contribution is -0.225. The summed E-state index contributed by atoms with van der Waals surface area (Å²) in [6.07, 6.45) is 7.87. The van der Waals surface area contributed by atoms with Crippen LogP contribution in [-0.2, 0) is 14.4 Å². The lowest BCUT2D eigenvalue weighted by atomic mass is 9.31. The number of rotatable bonds is 1. The fourth-order valence-corrected chi connectivity index (χ4v) is 10.7. The SMILES string of the molecule is CC1(C)CC[C@]2(C(=O)O)CC[C@]3(C)C(C(=O)CC4[C@@]5(C)C=C(C#N)C(=O)C(C)(C)C5CC[C@]43C)C2C1. The minimum Gasteiger partial charge on any atom is -0.481 e. The van der Waals surface area contributed by atoms with Crippen molar-refractivity contribution >= 4 is 17.5 Å². The summed E-state index contributed by atoms with van der Waals surface area (Å²) in [6.45, 7) is 15.2. The first-order valence-corrected chi connectivity index (χ1v) is 13.9.